The van der Waals surface area contributed by atoms with Gasteiger partial charge >= 0.3 is 0 Å². The summed E-state index contributed by atoms with van der Waals surface area (Å²) in [6.45, 7) is 3.58. The average Bonchev–Trinajstić information content (AvgIpc) is 2.75. The molecule has 20 heavy (non-hydrogen) atoms. The van der Waals surface area contributed by atoms with Gasteiger partial charge in [0.05, 0.1) is 10.3 Å². The van der Waals surface area contributed by atoms with Crippen LogP contribution in [0.2, 0.25) is 5.02 Å². The maximum absolute atomic E-state index is 11.4. The number of nitrogens with zero attached hydrogens (tertiary/aromatic N) is 2. The molecule has 1 saturated heterocycles. The minimum Gasteiger partial charge on any atom is -0.369 e. The van der Waals surface area contributed by atoms with Crippen LogP contribution in [0.4, 0.5) is 5.69 Å². The molecule has 108 valence electrons. The zero-order valence-corrected chi connectivity index (χ0v) is 11.9. The van der Waals surface area contributed by atoms with Crippen LogP contribution >= 0.6 is 11.6 Å². The molecule has 7 heteroatoms. The Morgan fingerprint density at radius 3 is 2.85 bits per heavy atom. The Hall–Kier alpha value is -1.66. The number of primary amides is 1. The van der Waals surface area contributed by atoms with Crippen LogP contribution in [0.3, 0.4) is 0 Å². The highest BCUT2D eigenvalue weighted by atomic mass is 35.5. The minimum absolute atomic E-state index is 0.0151. The van der Waals surface area contributed by atoms with E-state index in [1.807, 2.05) is 11.8 Å². The molecule has 1 unspecified atom stereocenters. The summed E-state index contributed by atoms with van der Waals surface area (Å²) in [7, 11) is 0. The van der Waals surface area contributed by atoms with Crippen molar-refractivity contribution in [1.29, 1.82) is 0 Å². The number of non-ortho nitro benzene ring substituents is 1. The third-order valence-electron chi connectivity index (χ3n) is 3.78. The molecule has 1 heterocycles. The van der Waals surface area contributed by atoms with E-state index in [9.17, 15) is 14.9 Å². The number of carbonyl (C=O) groups excluding carboxylic acids is 1. The van der Waals surface area contributed by atoms with Crippen LogP contribution < -0.4 is 5.73 Å². The lowest BCUT2D eigenvalue weighted by Gasteiger charge is -2.21. The predicted molar refractivity (Wildman–Crippen MR) is 75.3 cm³/mol. The highest BCUT2D eigenvalue weighted by Crippen LogP contribution is 2.32. The Morgan fingerprint density at radius 2 is 2.30 bits per heavy atom. The molecule has 2 rings (SSSR count). The molecule has 0 aromatic heterocycles. The SMILES string of the molecule is CC1(C(N)=O)CCN(Cc2cc([N+](=O)[O-])ccc2Cl)C1. The zero-order valence-electron chi connectivity index (χ0n) is 11.1. The lowest BCUT2D eigenvalue weighted by Crippen LogP contribution is -2.36. The summed E-state index contributed by atoms with van der Waals surface area (Å²) in [4.78, 5) is 23.8. The molecule has 6 nitrogen and oxygen atoms in total. The predicted octanol–water partition coefficient (Wildman–Crippen LogP) is 1.95. The highest BCUT2D eigenvalue weighted by molar-refractivity contribution is 6.31. The highest BCUT2D eigenvalue weighted by Gasteiger charge is 2.38. The van der Waals surface area contributed by atoms with Crippen LogP contribution in [0.25, 0.3) is 0 Å². The zero-order chi connectivity index (χ0) is 14.9. The van der Waals surface area contributed by atoms with E-state index in [0.29, 0.717) is 30.1 Å². The van der Waals surface area contributed by atoms with Gasteiger partial charge in [-0.25, -0.2) is 0 Å². The van der Waals surface area contributed by atoms with Crippen LogP contribution in [0, 0.1) is 15.5 Å². The lowest BCUT2D eigenvalue weighted by molar-refractivity contribution is -0.384. The smallest absolute Gasteiger partial charge is 0.269 e. The quantitative estimate of drug-likeness (QED) is 0.679. The van der Waals surface area contributed by atoms with Gasteiger partial charge in [0.2, 0.25) is 5.91 Å². The van der Waals surface area contributed by atoms with Crippen molar-refractivity contribution in [1.82, 2.24) is 4.90 Å². The van der Waals surface area contributed by atoms with E-state index < -0.39 is 10.3 Å². The van der Waals surface area contributed by atoms with Gasteiger partial charge in [-0.15, -0.1) is 0 Å². The number of rotatable bonds is 4. The number of nitrogens with two attached hydrogens (primary N) is 1. The van der Waals surface area contributed by atoms with Crippen molar-refractivity contribution in [3.8, 4) is 0 Å². The first-order valence-electron chi connectivity index (χ1n) is 6.27. The third kappa shape index (κ3) is 2.91. The lowest BCUT2D eigenvalue weighted by atomic mass is 9.89. The standard InChI is InChI=1S/C13H16ClN3O3/c1-13(12(15)18)4-5-16(8-13)7-9-6-10(17(19)20)2-3-11(9)14/h2-3,6H,4-5,7-8H2,1H3,(H2,15,18). The van der Waals surface area contributed by atoms with Crippen LogP contribution in [-0.4, -0.2) is 28.8 Å². The van der Waals surface area contributed by atoms with Gasteiger partial charge < -0.3 is 5.73 Å². The molecule has 1 amide bonds. The van der Waals surface area contributed by atoms with E-state index in [0.717, 1.165) is 6.54 Å². The van der Waals surface area contributed by atoms with E-state index in [1.165, 1.54) is 18.2 Å². The topological polar surface area (TPSA) is 89.5 Å². The fourth-order valence-electron chi connectivity index (χ4n) is 2.43. The van der Waals surface area contributed by atoms with Crippen LogP contribution in [0.15, 0.2) is 18.2 Å². The van der Waals surface area contributed by atoms with E-state index >= 15 is 0 Å². The van der Waals surface area contributed by atoms with E-state index in [2.05, 4.69) is 0 Å². The molecule has 1 aromatic carbocycles. The number of carbonyl (C=O) groups is 1. The molecule has 1 aliphatic heterocycles. The molecule has 2 N–H and O–H groups in total. The number of benzene rings is 1. The van der Waals surface area contributed by atoms with Crippen molar-refractivity contribution >= 4 is 23.2 Å². The molecule has 0 saturated carbocycles. The molecule has 1 atom stereocenters. The summed E-state index contributed by atoms with van der Waals surface area (Å²) < 4.78 is 0. The number of amides is 1. The van der Waals surface area contributed by atoms with Gasteiger partial charge in [0.25, 0.3) is 5.69 Å². The Labute approximate surface area is 121 Å². The summed E-state index contributed by atoms with van der Waals surface area (Å²) in [5.74, 6) is -0.315. The minimum atomic E-state index is -0.535. The first-order chi connectivity index (χ1) is 9.32. The van der Waals surface area contributed by atoms with Gasteiger partial charge in [-0.3, -0.25) is 19.8 Å². The second-order valence-corrected chi connectivity index (χ2v) is 5.83. The fourth-order valence-corrected chi connectivity index (χ4v) is 2.61. The van der Waals surface area contributed by atoms with Crippen molar-refractivity contribution in [2.24, 2.45) is 11.1 Å². The van der Waals surface area contributed by atoms with Crippen molar-refractivity contribution in [2.75, 3.05) is 13.1 Å². The van der Waals surface area contributed by atoms with Gasteiger partial charge in [0, 0.05) is 30.2 Å². The molecule has 0 radical (unpaired) electrons. The number of hydrogen-bond acceptors (Lipinski definition) is 4. The van der Waals surface area contributed by atoms with Crippen molar-refractivity contribution in [2.45, 2.75) is 19.9 Å². The monoisotopic (exact) mass is 297 g/mol. The van der Waals surface area contributed by atoms with Crippen LogP contribution in [0.5, 0.6) is 0 Å². The first kappa shape index (κ1) is 14.7. The van der Waals surface area contributed by atoms with E-state index in [1.54, 1.807) is 0 Å². The second-order valence-electron chi connectivity index (χ2n) is 5.42. The number of nitro groups is 1. The van der Waals surface area contributed by atoms with Gasteiger partial charge in [-0.1, -0.05) is 11.6 Å². The first-order valence-corrected chi connectivity index (χ1v) is 6.65. The maximum atomic E-state index is 11.4. The van der Waals surface area contributed by atoms with Gasteiger partial charge in [0.1, 0.15) is 0 Å². The number of likely N-dealkylation sites (tertiary alicyclic amines) is 1. The fraction of sp³-hybridized carbons (Fsp3) is 0.462. The van der Waals surface area contributed by atoms with Crippen molar-refractivity contribution < 1.29 is 9.72 Å². The number of hydrogen-bond donors (Lipinski definition) is 1. The summed E-state index contributed by atoms with van der Waals surface area (Å²) in [5, 5.41) is 11.3. The summed E-state index contributed by atoms with van der Waals surface area (Å²) in [6, 6.07) is 4.38. The number of nitro benzene ring substituents is 1. The Bertz CT molecular complexity index is 564. The molecule has 1 aromatic rings. The van der Waals surface area contributed by atoms with Crippen LogP contribution in [0.1, 0.15) is 18.9 Å². The molecule has 0 bridgehead atoms. The van der Waals surface area contributed by atoms with Crippen molar-refractivity contribution in [3.05, 3.63) is 38.9 Å². The van der Waals surface area contributed by atoms with Gasteiger partial charge in [-0.05, 0) is 31.5 Å². The molecule has 1 fully saturated rings. The Kier molecular flexibility index (Phi) is 3.96. The van der Waals surface area contributed by atoms with Gasteiger partial charge in [-0.2, -0.15) is 0 Å². The molecule has 0 aliphatic carbocycles. The second kappa shape index (κ2) is 5.38. The van der Waals surface area contributed by atoms with E-state index in [4.69, 9.17) is 17.3 Å². The Balaban J connectivity index is 2.14. The Morgan fingerprint density at radius 1 is 1.60 bits per heavy atom. The van der Waals surface area contributed by atoms with Gasteiger partial charge in [0.15, 0.2) is 0 Å². The molecule has 1 aliphatic rings. The third-order valence-corrected chi connectivity index (χ3v) is 4.15. The maximum Gasteiger partial charge on any atom is 0.269 e. The summed E-state index contributed by atoms with van der Waals surface area (Å²) in [5.41, 5.74) is 5.57. The molecule has 0 spiro atoms. The van der Waals surface area contributed by atoms with Crippen molar-refractivity contribution in [3.63, 3.8) is 0 Å². The molecular formula is C13H16ClN3O3. The number of halogens is 1. The molecular weight excluding hydrogens is 282 g/mol. The normalized spacial score (nSPS) is 22.9. The average molecular weight is 298 g/mol. The van der Waals surface area contributed by atoms with Crippen LogP contribution in [-0.2, 0) is 11.3 Å². The summed E-state index contributed by atoms with van der Waals surface area (Å²) >= 11 is 6.07. The largest absolute Gasteiger partial charge is 0.369 e. The van der Waals surface area contributed by atoms with E-state index in [-0.39, 0.29) is 11.6 Å². The summed E-state index contributed by atoms with van der Waals surface area (Å²) in [6.07, 6.45) is 0.689.